The van der Waals surface area contributed by atoms with Gasteiger partial charge in [0.1, 0.15) is 6.04 Å². The van der Waals surface area contributed by atoms with Crippen LogP contribution in [0.2, 0.25) is 0 Å². The van der Waals surface area contributed by atoms with E-state index in [9.17, 15) is 14.4 Å². The predicted octanol–water partition coefficient (Wildman–Crippen LogP) is -3.11. The molecule has 0 aromatic rings. The third kappa shape index (κ3) is 14.2. The lowest BCUT2D eigenvalue weighted by Gasteiger charge is -2.15. The van der Waals surface area contributed by atoms with Crippen molar-refractivity contribution in [3.63, 3.8) is 0 Å². The molecular formula is C18H38N10O4. The van der Waals surface area contributed by atoms with Crippen molar-refractivity contribution in [1.29, 1.82) is 10.8 Å². The number of aliphatic carboxylic acids is 1. The topological polar surface area (TPSA) is 257 Å². The number of carboxylic acids is 1. The molecule has 0 saturated heterocycles. The van der Waals surface area contributed by atoms with E-state index in [-0.39, 0.29) is 24.9 Å². The third-order valence-corrected chi connectivity index (χ3v) is 4.42. The molecule has 2 amide bonds. The summed E-state index contributed by atoms with van der Waals surface area (Å²) in [6, 6.07) is -2.51. The Morgan fingerprint density at radius 2 is 1.12 bits per heavy atom. The lowest BCUT2D eigenvalue weighted by molar-refractivity contribution is -0.138. The molecule has 14 N–H and O–H groups in total. The van der Waals surface area contributed by atoms with Crippen LogP contribution in [0.5, 0.6) is 0 Å². The minimum absolute atomic E-state index is 0.175. The van der Waals surface area contributed by atoms with Crippen molar-refractivity contribution >= 4 is 29.7 Å². The average molecular weight is 459 g/mol. The van der Waals surface area contributed by atoms with E-state index in [0.29, 0.717) is 32.2 Å². The summed E-state index contributed by atoms with van der Waals surface area (Å²) < 4.78 is 0. The van der Waals surface area contributed by atoms with Gasteiger partial charge in [-0.1, -0.05) is 0 Å². The van der Waals surface area contributed by atoms with E-state index < -0.39 is 35.9 Å². The summed E-state index contributed by atoms with van der Waals surface area (Å²) >= 11 is 0. The fourth-order valence-electron chi connectivity index (χ4n) is 2.48. The zero-order valence-electron chi connectivity index (χ0n) is 18.5. The SMILES string of the molecule is CNCCCC(N)C(=O)NC(=N)NCCCC(N)C(=O)NC(=N)NCCCC(N)C(=O)O. The van der Waals surface area contributed by atoms with Gasteiger partial charge < -0.3 is 38.3 Å². The zero-order chi connectivity index (χ0) is 24.5. The van der Waals surface area contributed by atoms with Crippen molar-refractivity contribution in [2.24, 2.45) is 17.2 Å². The van der Waals surface area contributed by atoms with E-state index in [1.165, 1.54) is 0 Å². The molecular weight excluding hydrogens is 420 g/mol. The minimum atomic E-state index is -1.09. The Balaban J connectivity index is 3.95. The van der Waals surface area contributed by atoms with Gasteiger partial charge in [-0.15, -0.1) is 0 Å². The van der Waals surface area contributed by atoms with Crippen LogP contribution in [0.4, 0.5) is 0 Å². The highest BCUT2D eigenvalue weighted by Gasteiger charge is 2.16. The number of carbonyl (C=O) groups excluding carboxylic acids is 2. The van der Waals surface area contributed by atoms with E-state index in [1.54, 1.807) is 0 Å². The van der Waals surface area contributed by atoms with Crippen molar-refractivity contribution in [3.8, 4) is 0 Å². The lowest BCUT2D eigenvalue weighted by Crippen LogP contribution is -2.49. The first kappa shape index (κ1) is 29.2. The number of hydrogen-bond acceptors (Lipinski definition) is 9. The van der Waals surface area contributed by atoms with Crippen LogP contribution < -0.4 is 43.8 Å². The average Bonchev–Trinajstić information content (AvgIpc) is 2.73. The summed E-state index contributed by atoms with van der Waals surface area (Å²) in [6.07, 6.45) is 2.67. The second kappa shape index (κ2) is 16.8. The minimum Gasteiger partial charge on any atom is -0.480 e. The van der Waals surface area contributed by atoms with Crippen molar-refractivity contribution in [1.82, 2.24) is 26.6 Å². The molecule has 0 aliphatic carbocycles. The Morgan fingerprint density at radius 1 is 0.750 bits per heavy atom. The quantitative estimate of drug-likeness (QED) is 0.0668. The monoisotopic (exact) mass is 458 g/mol. The Kier molecular flexibility index (Phi) is 15.4. The van der Waals surface area contributed by atoms with E-state index in [0.717, 1.165) is 13.0 Å². The molecule has 0 aromatic carbocycles. The molecule has 0 aliphatic rings. The number of carbonyl (C=O) groups is 3. The first-order valence-electron chi connectivity index (χ1n) is 10.5. The van der Waals surface area contributed by atoms with Crippen LogP contribution in [0.3, 0.4) is 0 Å². The molecule has 3 atom stereocenters. The van der Waals surface area contributed by atoms with Crippen molar-refractivity contribution in [2.75, 3.05) is 26.7 Å². The van der Waals surface area contributed by atoms with Gasteiger partial charge in [0, 0.05) is 13.1 Å². The summed E-state index contributed by atoms with van der Waals surface area (Å²) in [5.74, 6) is -2.48. The van der Waals surface area contributed by atoms with Crippen LogP contribution in [0.1, 0.15) is 38.5 Å². The van der Waals surface area contributed by atoms with Gasteiger partial charge in [-0.25, -0.2) is 0 Å². The molecule has 0 rings (SSSR count). The van der Waals surface area contributed by atoms with Gasteiger partial charge in [-0.05, 0) is 52.1 Å². The van der Waals surface area contributed by atoms with Crippen molar-refractivity contribution < 1.29 is 19.5 Å². The van der Waals surface area contributed by atoms with E-state index >= 15 is 0 Å². The zero-order valence-corrected chi connectivity index (χ0v) is 18.5. The van der Waals surface area contributed by atoms with Gasteiger partial charge >= 0.3 is 5.97 Å². The first-order chi connectivity index (χ1) is 15.1. The van der Waals surface area contributed by atoms with Gasteiger partial charge in [0.05, 0.1) is 12.1 Å². The number of nitrogens with two attached hydrogens (primary N) is 3. The Morgan fingerprint density at radius 3 is 1.50 bits per heavy atom. The Bertz CT molecular complexity index is 631. The molecule has 0 fully saturated rings. The van der Waals surface area contributed by atoms with E-state index in [2.05, 4.69) is 26.6 Å². The molecule has 14 heteroatoms. The van der Waals surface area contributed by atoms with Crippen LogP contribution >= 0.6 is 0 Å². The number of hydrogen-bond donors (Lipinski definition) is 11. The molecule has 14 nitrogen and oxygen atoms in total. The predicted molar refractivity (Wildman–Crippen MR) is 121 cm³/mol. The summed E-state index contributed by atoms with van der Waals surface area (Å²) in [5, 5.41) is 37.1. The highest BCUT2D eigenvalue weighted by molar-refractivity contribution is 5.98. The van der Waals surface area contributed by atoms with Gasteiger partial charge in [0.25, 0.3) is 0 Å². The smallest absolute Gasteiger partial charge is 0.320 e. The summed E-state index contributed by atoms with van der Waals surface area (Å²) in [4.78, 5) is 34.5. The van der Waals surface area contributed by atoms with Gasteiger partial charge in [-0.3, -0.25) is 35.8 Å². The Labute approximate surface area is 187 Å². The fraction of sp³-hybridized carbons (Fsp3) is 0.722. The van der Waals surface area contributed by atoms with Crippen LogP contribution in [-0.2, 0) is 14.4 Å². The standard InChI is InChI=1S/C18H38N10O4/c1-24-8-2-5-11(19)14(29)27-17(22)25-9-3-6-12(20)15(30)28-18(23)26-10-4-7-13(21)16(31)32/h11-13,24H,2-10,19-21H2,1H3,(H,31,32)(H3,22,25,27,29)(H3,23,26,28,30). The van der Waals surface area contributed by atoms with Crippen LogP contribution in [0.15, 0.2) is 0 Å². The Hall–Kier alpha value is -2.81. The van der Waals surface area contributed by atoms with Gasteiger partial charge in [-0.2, -0.15) is 0 Å². The second-order valence-corrected chi connectivity index (χ2v) is 7.27. The fourth-order valence-corrected chi connectivity index (χ4v) is 2.48. The molecule has 0 aliphatic heterocycles. The highest BCUT2D eigenvalue weighted by Crippen LogP contribution is 1.96. The maximum Gasteiger partial charge on any atom is 0.320 e. The molecule has 0 heterocycles. The molecule has 3 unspecified atom stereocenters. The number of guanidine groups is 2. The van der Waals surface area contributed by atoms with Crippen molar-refractivity contribution in [2.45, 2.75) is 56.7 Å². The summed E-state index contributed by atoms with van der Waals surface area (Å²) in [6.45, 7) is 1.35. The number of carboxylic acid groups (broad SMARTS) is 1. The number of nitrogens with one attached hydrogen (secondary N) is 7. The summed E-state index contributed by atoms with van der Waals surface area (Å²) in [5.41, 5.74) is 16.9. The molecule has 0 aromatic heterocycles. The second-order valence-electron chi connectivity index (χ2n) is 7.27. The molecule has 32 heavy (non-hydrogen) atoms. The largest absolute Gasteiger partial charge is 0.480 e. The molecule has 0 bridgehead atoms. The number of rotatable bonds is 15. The van der Waals surface area contributed by atoms with Gasteiger partial charge in [0.15, 0.2) is 11.9 Å². The first-order valence-corrected chi connectivity index (χ1v) is 10.5. The lowest BCUT2D eigenvalue weighted by atomic mass is 10.1. The van der Waals surface area contributed by atoms with Crippen LogP contribution in [0.25, 0.3) is 0 Å². The molecule has 0 saturated carbocycles. The van der Waals surface area contributed by atoms with Crippen LogP contribution in [-0.4, -0.2) is 79.6 Å². The van der Waals surface area contributed by atoms with Crippen molar-refractivity contribution in [3.05, 3.63) is 0 Å². The molecule has 184 valence electrons. The molecule has 0 radical (unpaired) electrons. The highest BCUT2D eigenvalue weighted by atomic mass is 16.4. The maximum absolute atomic E-state index is 12.0. The van der Waals surface area contributed by atoms with E-state index in [1.807, 2.05) is 7.05 Å². The number of amides is 2. The van der Waals surface area contributed by atoms with Crippen LogP contribution in [0, 0.1) is 10.8 Å². The molecule has 0 spiro atoms. The van der Waals surface area contributed by atoms with E-state index in [4.69, 9.17) is 33.1 Å². The summed E-state index contributed by atoms with van der Waals surface area (Å²) in [7, 11) is 1.81. The third-order valence-electron chi connectivity index (χ3n) is 4.42. The maximum atomic E-state index is 12.0. The van der Waals surface area contributed by atoms with Gasteiger partial charge in [0.2, 0.25) is 11.8 Å². The normalized spacial score (nSPS) is 13.4.